The van der Waals surface area contributed by atoms with Crippen LogP contribution in [0.15, 0.2) is 18.3 Å². The quantitative estimate of drug-likeness (QED) is 0.794. The lowest BCUT2D eigenvalue weighted by Gasteiger charge is -2.19. The number of pyridine rings is 1. The van der Waals surface area contributed by atoms with Crippen LogP contribution in [-0.2, 0) is 0 Å². The predicted molar refractivity (Wildman–Crippen MR) is 67.6 cm³/mol. The third-order valence-corrected chi connectivity index (χ3v) is 4.06. The summed E-state index contributed by atoms with van der Waals surface area (Å²) in [6, 6.07) is 4.26. The fourth-order valence-electron chi connectivity index (χ4n) is 2.03. The lowest BCUT2D eigenvalue weighted by molar-refractivity contribution is 0.415. The topological polar surface area (TPSA) is 24.9 Å². The Morgan fingerprint density at radius 1 is 1.56 bits per heavy atom. The zero-order chi connectivity index (χ0) is 11.6. The molecule has 2 nitrogen and oxygen atoms in total. The normalized spacial score (nSPS) is 19.4. The van der Waals surface area contributed by atoms with Crippen LogP contribution in [-0.4, -0.2) is 11.5 Å². The van der Waals surface area contributed by atoms with Crippen LogP contribution in [0.25, 0.3) is 0 Å². The lowest BCUT2D eigenvalue weighted by atomic mass is 10.0. The fourth-order valence-corrected chi connectivity index (χ4v) is 2.32. The van der Waals surface area contributed by atoms with E-state index in [4.69, 9.17) is 11.6 Å². The number of nitrogens with one attached hydrogen (secondary N) is 1. The monoisotopic (exact) mass is 238 g/mol. The molecule has 1 atom stereocenters. The molecule has 3 heteroatoms. The zero-order valence-electron chi connectivity index (χ0n) is 9.96. The maximum absolute atomic E-state index is 6.07. The van der Waals surface area contributed by atoms with E-state index in [1.165, 1.54) is 19.3 Å². The summed E-state index contributed by atoms with van der Waals surface area (Å²) < 4.78 is 0. The molecule has 1 aliphatic rings. The molecule has 1 N–H and O–H groups in total. The van der Waals surface area contributed by atoms with E-state index in [9.17, 15) is 0 Å². The van der Waals surface area contributed by atoms with Gasteiger partial charge in [-0.05, 0) is 37.7 Å². The van der Waals surface area contributed by atoms with Gasteiger partial charge in [0, 0.05) is 24.3 Å². The summed E-state index contributed by atoms with van der Waals surface area (Å²) in [6.07, 6.45) is 5.73. The Morgan fingerprint density at radius 3 is 2.88 bits per heavy atom. The average molecular weight is 239 g/mol. The molecule has 1 aromatic heterocycles. The highest BCUT2D eigenvalue weighted by atomic mass is 35.5. The van der Waals surface area contributed by atoms with Crippen molar-refractivity contribution in [1.29, 1.82) is 0 Å². The van der Waals surface area contributed by atoms with Gasteiger partial charge in [-0.3, -0.25) is 0 Å². The fraction of sp³-hybridized carbons (Fsp3) is 0.615. The molecular formula is C13H19ClN2. The van der Waals surface area contributed by atoms with E-state index in [0.29, 0.717) is 10.6 Å². The minimum atomic E-state index is 0.283. The number of aromatic nitrogens is 1. The van der Waals surface area contributed by atoms with Crippen molar-refractivity contribution in [2.45, 2.75) is 39.2 Å². The maximum atomic E-state index is 6.07. The first-order valence-corrected chi connectivity index (χ1v) is 6.38. The van der Waals surface area contributed by atoms with Crippen molar-refractivity contribution in [1.82, 2.24) is 10.3 Å². The van der Waals surface area contributed by atoms with Gasteiger partial charge in [-0.2, -0.15) is 0 Å². The van der Waals surface area contributed by atoms with E-state index in [-0.39, 0.29) is 6.04 Å². The standard InChI is InChI=1S/C13H19ClN2/c1-3-13(6-7-13)9-16-10(2)11-5-4-8-15-12(11)14/h4-5,8,10,16H,3,6-7,9H2,1-2H3. The molecule has 1 fully saturated rings. The van der Waals surface area contributed by atoms with Crippen LogP contribution in [0.2, 0.25) is 5.15 Å². The van der Waals surface area contributed by atoms with Crippen molar-refractivity contribution in [3.05, 3.63) is 29.0 Å². The molecule has 0 saturated heterocycles. The van der Waals surface area contributed by atoms with Crippen LogP contribution in [0.3, 0.4) is 0 Å². The molecule has 0 bridgehead atoms. The third kappa shape index (κ3) is 2.55. The molecule has 1 aliphatic carbocycles. The first kappa shape index (κ1) is 11.9. The number of nitrogens with zero attached hydrogens (tertiary/aromatic N) is 1. The Bertz CT molecular complexity index is 361. The van der Waals surface area contributed by atoms with Gasteiger partial charge >= 0.3 is 0 Å². The van der Waals surface area contributed by atoms with Crippen LogP contribution in [0, 0.1) is 5.41 Å². The van der Waals surface area contributed by atoms with Crippen molar-refractivity contribution in [2.75, 3.05) is 6.54 Å². The molecule has 0 spiro atoms. The van der Waals surface area contributed by atoms with Gasteiger partial charge < -0.3 is 5.32 Å². The molecule has 1 saturated carbocycles. The first-order chi connectivity index (χ1) is 7.67. The molecule has 16 heavy (non-hydrogen) atoms. The minimum absolute atomic E-state index is 0.283. The Hall–Kier alpha value is -0.600. The molecule has 0 amide bonds. The third-order valence-electron chi connectivity index (χ3n) is 3.74. The summed E-state index contributed by atoms with van der Waals surface area (Å²) in [4.78, 5) is 4.11. The molecular weight excluding hydrogens is 220 g/mol. The summed E-state index contributed by atoms with van der Waals surface area (Å²) >= 11 is 6.07. The van der Waals surface area contributed by atoms with E-state index in [1.807, 2.05) is 12.1 Å². The minimum Gasteiger partial charge on any atom is -0.310 e. The van der Waals surface area contributed by atoms with E-state index in [1.54, 1.807) is 6.20 Å². The van der Waals surface area contributed by atoms with Crippen LogP contribution in [0.1, 0.15) is 44.7 Å². The van der Waals surface area contributed by atoms with Crippen molar-refractivity contribution in [3.8, 4) is 0 Å². The Balaban J connectivity index is 1.93. The number of rotatable bonds is 5. The van der Waals surface area contributed by atoms with E-state index in [2.05, 4.69) is 24.1 Å². The van der Waals surface area contributed by atoms with Gasteiger partial charge in [0.15, 0.2) is 0 Å². The Labute approximate surface area is 102 Å². The van der Waals surface area contributed by atoms with E-state index in [0.717, 1.165) is 12.1 Å². The average Bonchev–Trinajstić information content (AvgIpc) is 3.07. The smallest absolute Gasteiger partial charge is 0.133 e. The van der Waals surface area contributed by atoms with E-state index >= 15 is 0 Å². The molecule has 1 heterocycles. The largest absolute Gasteiger partial charge is 0.310 e. The van der Waals surface area contributed by atoms with Crippen molar-refractivity contribution < 1.29 is 0 Å². The van der Waals surface area contributed by atoms with Crippen LogP contribution in [0.5, 0.6) is 0 Å². The Morgan fingerprint density at radius 2 is 2.31 bits per heavy atom. The zero-order valence-corrected chi connectivity index (χ0v) is 10.7. The molecule has 1 unspecified atom stereocenters. The highest BCUT2D eigenvalue weighted by Crippen LogP contribution is 2.48. The van der Waals surface area contributed by atoms with Gasteiger partial charge in [-0.15, -0.1) is 0 Å². The van der Waals surface area contributed by atoms with Crippen LogP contribution in [0.4, 0.5) is 0 Å². The van der Waals surface area contributed by atoms with Crippen LogP contribution < -0.4 is 5.32 Å². The second kappa shape index (κ2) is 4.72. The summed E-state index contributed by atoms with van der Waals surface area (Å²) in [5.41, 5.74) is 1.67. The van der Waals surface area contributed by atoms with E-state index < -0.39 is 0 Å². The second-order valence-electron chi connectivity index (χ2n) is 4.84. The van der Waals surface area contributed by atoms with Gasteiger partial charge in [0.25, 0.3) is 0 Å². The number of halogens is 1. The molecule has 0 aromatic carbocycles. The molecule has 88 valence electrons. The first-order valence-electron chi connectivity index (χ1n) is 6.01. The summed E-state index contributed by atoms with van der Waals surface area (Å²) in [5, 5.41) is 4.18. The van der Waals surface area contributed by atoms with Gasteiger partial charge in [0.1, 0.15) is 5.15 Å². The predicted octanol–water partition coefficient (Wildman–Crippen LogP) is 3.58. The van der Waals surface area contributed by atoms with Gasteiger partial charge in [0.05, 0.1) is 0 Å². The molecule has 0 radical (unpaired) electrons. The SMILES string of the molecule is CCC1(CNC(C)c2cccnc2Cl)CC1. The molecule has 1 aromatic rings. The summed E-state index contributed by atoms with van der Waals surface area (Å²) in [5.74, 6) is 0. The highest BCUT2D eigenvalue weighted by Gasteiger charge is 2.40. The van der Waals surface area contributed by atoms with Gasteiger partial charge in [-0.1, -0.05) is 24.6 Å². The van der Waals surface area contributed by atoms with Gasteiger partial charge in [0.2, 0.25) is 0 Å². The van der Waals surface area contributed by atoms with Gasteiger partial charge in [-0.25, -0.2) is 4.98 Å². The number of hydrogen-bond acceptors (Lipinski definition) is 2. The molecule has 2 rings (SSSR count). The lowest BCUT2D eigenvalue weighted by Crippen LogP contribution is -2.26. The second-order valence-corrected chi connectivity index (χ2v) is 5.20. The molecule has 0 aliphatic heterocycles. The summed E-state index contributed by atoms with van der Waals surface area (Å²) in [7, 11) is 0. The summed E-state index contributed by atoms with van der Waals surface area (Å²) in [6.45, 7) is 5.51. The maximum Gasteiger partial charge on any atom is 0.133 e. The Kier molecular flexibility index (Phi) is 3.50. The van der Waals surface area contributed by atoms with Crippen LogP contribution >= 0.6 is 11.6 Å². The van der Waals surface area contributed by atoms with Crippen molar-refractivity contribution in [2.24, 2.45) is 5.41 Å². The van der Waals surface area contributed by atoms with Crippen molar-refractivity contribution >= 4 is 11.6 Å². The van der Waals surface area contributed by atoms with Crippen molar-refractivity contribution in [3.63, 3.8) is 0 Å². The number of hydrogen-bond donors (Lipinski definition) is 1. The highest BCUT2D eigenvalue weighted by molar-refractivity contribution is 6.30.